The molecule has 4 rings (SSSR count). The molecular weight excluding hydrogens is 354 g/mol. The summed E-state index contributed by atoms with van der Waals surface area (Å²) < 4.78 is 0. The van der Waals surface area contributed by atoms with Crippen LogP contribution in [0.15, 0.2) is 35.4 Å². The summed E-state index contributed by atoms with van der Waals surface area (Å²) in [6.07, 6.45) is 4.04. The standard InChI is InChI=1S/C19H22ClN3OS/c1-11(19(24)23-9-12-2-5-16(21)15(12)10-23)25-18-6-7-22-17-8-13(20)3-4-14(17)18/h3-4,6-8,11-12,15-16H,2,5,9-10,21H2,1H3. The fraction of sp³-hybridized carbons (Fsp3) is 0.474. The number of nitrogens with zero attached hydrogens (tertiary/aromatic N) is 2. The highest BCUT2D eigenvalue weighted by Crippen LogP contribution is 2.38. The minimum absolute atomic E-state index is 0.128. The number of aromatic nitrogens is 1. The van der Waals surface area contributed by atoms with Crippen molar-refractivity contribution >= 4 is 40.2 Å². The summed E-state index contributed by atoms with van der Waals surface area (Å²) in [6.45, 7) is 3.68. The van der Waals surface area contributed by atoms with E-state index in [4.69, 9.17) is 17.3 Å². The van der Waals surface area contributed by atoms with Crippen molar-refractivity contribution in [3.8, 4) is 0 Å². The molecule has 2 aliphatic rings. The van der Waals surface area contributed by atoms with E-state index in [0.29, 0.717) is 16.9 Å². The lowest BCUT2D eigenvalue weighted by Gasteiger charge is -2.22. The monoisotopic (exact) mass is 375 g/mol. The molecule has 4 atom stereocenters. The number of likely N-dealkylation sites (tertiary alicyclic amines) is 1. The average Bonchev–Trinajstić information content (AvgIpc) is 3.16. The molecule has 4 unspecified atom stereocenters. The quantitative estimate of drug-likeness (QED) is 0.833. The Labute approximate surface area is 157 Å². The molecule has 2 aromatic rings. The Balaban J connectivity index is 1.49. The van der Waals surface area contributed by atoms with Gasteiger partial charge in [0.25, 0.3) is 0 Å². The highest BCUT2D eigenvalue weighted by Gasteiger charge is 2.43. The minimum Gasteiger partial charge on any atom is -0.341 e. The van der Waals surface area contributed by atoms with Gasteiger partial charge >= 0.3 is 0 Å². The zero-order valence-corrected chi connectivity index (χ0v) is 15.8. The van der Waals surface area contributed by atoms with Crippen LogP contribution in [-0.4, -0.2) is 40.2 Å². The van der Waals surface area contributed by atoms with E-state index in [0.717, 1.165) is 41.7 Å². The summed E-state index contributed by atoms with van der Waals surface area (Å²) in [7, 11) is 0. The lowest BCUT2D eigenvalue weighted by atomic mass is 9.98. The number of pyridine rings is 1. The van der Waals surface area contributed by atoms with Crippen molar-refractivity contribution in [1.82, 2.24) is 9.88 Å². The van der Waals surface area contributed by atoms with Gasteiger partial charge in [0, 0.05) is 40.6 Å². The summed E-state index contributed by atoms with van der Waals surface area (Å²) in [5.41, 5.74) is 7.06. The van der Waals surface area contributed by atoms with Gasteiger partial charge in [0.05, 0.1) is 10.8 Å². The Morgan fingerprint density at radius 3 is 3.00 bits per heavy atom. The molecule has 25 heavy (non-hydrogen) atoms. The second kappa shape index (κ2) is 6.78. The molecule has 1 aliphatic heterocycles. The fourth-order valence-corrected chi connectivity index (χ4v) is 5.42. The predicted octanol–water partition coefficient (Wildman–Crippen LogP) is 3.56. The molecule has 1 saturated heterocycles. The molecule has 1 aromatic carbocycles. The van der Waals surface area contributed by atoms with Gasteiger partial charge in [-0.1, -0.05) is 17.7 Å². The summed E-state index contributed by atoms with van der Waals surface area (Å²) in [6, 6.07) is 7.93. The smallest absolute Gasteiger partial charge is 0.235 e. The van der Waals surface area contributed by atoms with Gasteiger partial charge in [0.2, 0.25) is 5.91 Å². The van der Waals surface area contributed by atoms with Crippen molar-refractivity contribution < 1.29 is 4.79 Å². The lowest BCUT2D eigenvalue weighted by Crippen LogP contribution is -2.37. The Morgan fingerprint density at radius 1 is 1.36 bits per heavy atom. The van der Waals surface area contributed by atoms with Gasteiger partial charge in [-0.15, -0.1) is 11.8 Å². The van der Waals surface area contributed by atoms with Crippen LogP contribution >= 0.6 is 23.4 Å². The first-order valence-corrected chi connectivity index (χ1v) is 10.0. The van der Waals surface area contributed by atoms with Gasteiger partial charge < -0.3 is 10.6 Å². The van der Waals surface area contributed by atoms with E-state index in [9.17, 15) is 4.79 Å². The van der Waals surface area contributed by atoms with Gasteiger partial charge in [-0.05, 0) is 49.8 Å². The van der Waals surface area contributed by atoms with Crippen LogP contribution in [0.3, 0.4) is 0 Å². The molecule has 0 bridgehead atoms. The first-order chi connectivity index (χ1) is 12.0. The van der Waals surface area contributed by atoms with E-state index in [1.54, 1.807) is 18.0 Å². The van der Waals surface area contributed by atoms with Crippen molar-refractivity contribution in [3.63, 3.8) is 0 Å². The number of fused-ring (bicyclic) bond motifs is 2. The summed E-state index contributed by atoms with van der Waals surface area (Å²) in [5.74, 6) is 1.30. The van der Waals surface area contributed by atoms with E-state index in [-0.39, 0.29) is 17.2 Å². The van der Waals surface area contributed by atoms with Crippen molar-refractivity contribution in [1.29, 1.82) is 0 Å². The second-order valence-electron chi connectivity index (χ2n) is 7.14. The Hall–Kier alpha value is -1.30. The Bertz CT molecular complexity index is 814. The van der Waals surface area contributed by atoms with E-state index in [1.165, 1.54) is 0 Å². The average molecular weight is 376 g/mol. The zero-order valence-electron chi connectivity index (χ0n) is 14.2. The third-order valence-electron chi connectivity index (χ3n) is 5.54. The number of carbonyl (C=O) groups is 1. The Morgan fingerprint density at radius 2 is 2.20 bits per heavy atom. The van der Waals surface area contributed by atoms with Crippen molar-refractivity contribution in [3.05, 3.63) is 35.5 Å². The second-order valence-corrected chi connectivity index (χ2v) is 8.96. The Kier molecular flexibility index (Phi) is 4.65. The van der Waals surface area contributed by atoms with E-state index in [2.05, 4.69) is 4.98 Å². The highest BCUT2D eigenvalue weighted by atomic mass is 35.5. The lowest BCUT2D eigenvalue weighted by molar-refractivity contribution is -0.129. The molecule has 2 fully saturated rings. The van der Waals surface area contributed by atoms with E-state index < -0.39 is 0 Å². The van der Waals surface area contributed by atoms with Crippen LogP contribution in [0.1, 0.15) is 19.8 Å². The summed E-state index contributed by atoms with van der Waals surface area (Å²) in [4.78, 5) is 20.4. The fourth-order valence-electron chi connectivity index (χ4n) is 4.18. The van der Waals surface area contributed by atoms with Crippen LogP contribution in [0.2, 0.25) is 5.02 Å². The maximum absolute atomic E-state index is 12.9. The molecule has 2 heterocycles. The van der Waals surface area contributed by atoms with Gasteiger partial charge in [0.1, 0.15) is 0 Å². The van der Waals surface area contributed by atoms with Crippen molar-refractivity contribution in [2.75, 3.05) is 13.1 Å². The molecule has 0 spiro atoms. The third-order valence-corrected chi connectivity index (χ3v) is 6.94. The molecule has 132 valence electrons. The molecule has 1 saturated carbocycles. The number of halogens is 1. The normalized spacial score (nSPS) is 26.8. The molecule has 0 radical (unpaired) electrons. The van der Waals surface area contributed by atoms with E-state index >= 15 is 0 Å². The van der Waals surface area contributed by atoms with Crippen LogP contribution < -0.4 is 5.73 Å². The van der Waals surface area contributed by atoms with Crippen LogP contribution in [0.4, 0.5) is 0 Å². The first-order valence-electron chi connectivity index (χ1n) is 8.78. The molecule has 2 N–H and O–H groups in total. The van der Waals surface area contributed by atoms with Crippen LogP contribution in [0.5, 0.6) is 0 Å². The number of thioether (sulfide) groups is 1. The number of hydrogen-bond acceptors (Lipinski definition) is 4. The highest BCUT2D eigenvalue weighted by molar-refractivity contribution is 8.00. The van der Waals surface area contributed by atoms with E-state index in [1.807, 2.05) is 36.1 Å². The van der Waals surface area contributed by atoms with Gasteiger partial charge in [0.15, 0.2) is 0 Å². The number of nitrogens with two attached hydrogens (primary N) is 1. The largest absolute Gasteiger partial charge is 0.341 e. The summed E-state index contributed by atoms with van der Waals surface area (Å²) >= 11 is 7.65. The molecule has 1 aromatic heterocycles. The van der Waals surface area contributed by atoms with Crippen LogP contribution in [0, 0.1) is 11.8 Å². The van der Waals surface area contributed by atoms with Gasteiger partial charge in [-0.25, -0.2) is 0 Å². The van der Waals surface area contributed by atoms with Gasteiger partial charge in [-0.3, -0.25) is 9.78 Å². The topological polar surface area (TPSA) is 59.2 Å². The van der Waals surface area contributed by atoms with Gasteiger partial charge in [-0.2, -0.15) is 0 Å². The number of benzene rings is 1. The van der Waals surface area contributed by atoms with Crippen molar-refractivity contribution in [2.24, 2.45) is 17.6 Å². The maximum Gasteiger partial charge on any atom is 0.235 e. The molecular formula is C19H22ClN3OS. The maximum atomic E-state index is 12.9. The molecule has 6 heteroatoms. The minimum atomic E-state index is -0.128. The van der Waals surface area contributed by atoms with Crippen LogP contribution in [0.25, 0.3) is 10.9 Å². The molecule has 1 aliphatic carbocycles. The van der Waals surface area contributed by atoms with Crippen molar-refractivity contribution in [2.45, 2.75) is 36.0 Å². The number of hydrogen-bond donors (Lipinski definition) is 1. The molecule has 4 nitrogen and oxygen atoms in total. The zero-order chi connectivity index (χ0) is 17.6. The number of amides is 1. The molecule has 1 amide bonds. The number of carbonyl (C=O) groups excluding carboxylic acids is 1. The summed E-state index contributed by atoms with van der Waals surface area (Å²) in [5, 5.41) is 1.58. The third kappa shape index (κ3) is 3.25. The first kappa shape index (κ1) is 17.1. The van der Waals surface area contributed by atoms with Crippen LogP contribution in [-0.2, 0) is 4.79 Å². The number of rotatable bonds is 3. The SMILES string of the molecule is CC(Sc1ccnc2cc(Cl)ccc12)C(=O)N1CC2CCC(N)C2C1. The predicted molar refractivity (Wildman–Crippen MR) is 103 cm³/mol.